The molecule has 0 atom stereocenters. The molecule has 1 aliphatic heterocycles. The number of halogens is 1. The number of aryl methyl sites for hydroxylation is 1. The van der Waals surface area contributed by atoms with Gasteiger partial charge in [0.05, 0.1) is 32.2 Å². The van der Waals surface area contributed by atoms with Gasteiger partial charge in [-0.25, -0.2) is 0 Å². The van der Waals surface area contributed by atoms with E-state index < -0.39 is 0 Å². The molecule has 1 N–H and O–H groups in total. The van der Waals surface area contributed by atoms with Crippen molar-refractivity contribution >= 4 is 29.1 Å². The third-order valence-corrected chi connectivity index (χ3v) is 3.99. The van der Waals surface area contributed by atoms with Gasteiger partial charge in [0.15, 0.2) is 5.82 Å². The average molecular weight is 336 g/mol. The highest BCUT2D eigenvalue weighted by molar-refractivity contribution is 6.31. The maximum Gasteiger partial charge on any atom is 0.247 e. The van der Waals surface area contributed by atoms with Crippen molar-refractivity contribution in [1.82, 2.24) is 15.2 Å². The van der Waals surface area contributed by atoms with Crippen LogP contribution in [0.1, 0.15) is 5.56 Å². The SMILES string of the molecule is COc1cc(Cl)c(C)cc1Nc1cnnc(N2CCOCC2)n1. The monoisotopic (exact) mass is 335 g/mol. The van der Waals surface area contributed by atoms with Gasteiger partial charge in [-0.1, -0.05) is 11.6 Å². The molecule has 1 aliphatic rings. The van der Waals surface area contributed by atoms with Crippen molar-refractivity contribution in [3.63, 3.8) is 0 Å². The summed E-state index contributed by atoms with van der Waals surface area (Å²) in [5.41, 5.74) is 1.73. The summed E-state index contributed by atoms with van der Waals surface area (Å²) in [5.74, 6) is 1.83. The Morgan fingerprint density at radius 2 is 2.09 bits per heavy atom. The molecular weight excluding hydrogens is 318 g/mol. The molecular formula is C15H18ClN5O2. The fraction of sp³-hybridized carbons (Fsp3) is 0.400. The highest BCUT2D eigenvalue weighted by Crippen LogP contribution is 2.32. The van der Waals surface area contributed by atoms with E-state index in [1.807, 2.05) is 17.9 Å². The second-order valence-corrected chi connectivity index (χ2v) is 5.57. The van der Waals surface area contributed by atoms with Gasteiger partial charge in [-0.3, -0.25) is 0 Å². The molecule has 0 aliphatic carbocycles. The number of aromatic nitrogens is 3. The lowest BCUT2D eigenvalue weighted by Gasteiger charge is -2.26. The van der Waals surface area contributed by atoms with Gasteiger partial charge in [0.25, 0.3) is 0 Å². The number of hydrogen-bond donors (Lipinski definition) is 1. The van der Waals surface area contributed by atoms with Crippen molar-refractivity contribution in [2.75, 3.05) is 43.6 Å². The van der Waals surface area contributed by atoms with Gasteiger partial charge >= 0.3 is 0 Å². The Morgan fingerprint density at radius 3 is 2.83 bits per heavy atom. The minimum atomic E-state index is 0.586. The van der Waals surface area contributed by atoms with Crippen LogP contribution in [0.25, 0.3) is 0 Å². The fourth-order valence-electron chi connectivity index (χ4n) is 2.32. The number of hydrogen-bond acceptors (Lipinski definition) is 7. The molecule has 1 aromatic carbocycles. The molecule has 7 nitrogen and oxygen atoms in total. The molecule has 0 spiro atoms. The maximum absolute atomic E-state index is 6.13. The normalized spacial score (nSPS) is 14.7. The van der Waals surface area contributed by atoms with Gasteiger partial charge in [0.1, 0.15) is 5.75 Å². The highest BCUT2D eigenvalue weighted by Gasteiger charge is 2.15. The molecule has 0 bridgehead atoms. The molecule has 0 amide bonds. The molecule has 3 rings (SSSR count). The predicted octanol–water partition coefficient (Wildman–Crippen LogP) is 2.42. The van der Waals surface area contributed by atoms with E-state index >= 15 is 0 Å². The zero-order chi connectivity index (χ0) is 16.2. The molecule has 2 heterocycles. The second-order valence-electron chi connectivity index (χ2n) is 5.17. The van der Waals surface area contributed by atoms with Crippen LogP contribution in [0.3, 0.4) is 0 Å². The molecule has 1 aromatic heterocycles. The van der Waals surface area contributed by atoms with Crippen molar-refractivity contribution < 1.29 is 9.47 Å². The third kappa shape index (κ3) is 3.62. The van der Waals surface area contributed by atoms with Gasteiger partial charge in [-0.2, -0.15) is 10.1 Å². The second kappa shape index (κ2) is 6.97. The smallest absolute Gasteiger partial charge is 0.247 e. The first-order valence-corrected chi connectivity index (χ1v) is 7.69. The van der Waals surface area contributed by atoms with Crippen LogP contribution in [0, 0.1) is 6.92 Å². The summed E-state index contributed by atoms with van der Waals surface area (Å²) in [7, 11) is 1.60. The van der Waals surface area contributed by atoms with Crippen molar-refractivity contribution in [1.29, 1.82) is 0 Å². The molecule has 122 valence electrons. The lowest BCUT2D eigenvalue weighted by atomic mass is 10.2. The number of ether oxygens (including phenoxy) is 2. The Morgan fingerprint density at radius 1 is 1.30 bits per heavy atom. The van der Waals surface area contributed by atoms with E-state index in [-0.39, 0.29) is 0 Å². The quantitative estimate of drug-likeness (QED) is 0.919. The molecule has 0 unspecified atom stereocenters. The van der Waals surface area contributed by atoms with Gasteiger partial charge in [0.2, 0.25) is 5.95 Å². The van der Waals surface area contributed by atoms with E-state index in [1.54, 1.807) is 19.4 Å². The van der Waals surface area contributed by atoms with Crippen LogP contribution in [-0.2, 0) is 4.74 Å². The van der Waals surface area contributed by atoms with Crippen molar-refractivity contribution in [3.05, 3.63) is 28.9 Å². The number of morpholine rings is 1. The van der Waals surface area contributed by atoms with Crippen LogP contribution < -0.4 is 15.0 Å². The average Bonchev–Trinajstić information content (AvgIpc) is 2.59. The molecule has 23 heavy (non-hydrogen) atoms. The highest BCUT2D eigenvalue weighted by atomic mass is 35.5. The Hall–Kier alpha value is -2.12. The number of nitrogens with zero attached hydrogens (tertiary/aromatic N) is 4. The lowest BCUT2D eigenvalue weighted by molar-refractivity contribution is 0.122. The molecule has 1 fully saturated rings. The Balaban J connectivity index is 1.84. The number of methoxy groups -OCH3 is 1. The number of benzene rings is 1. The van der Waals surface area contributed by atoms with Crippen LogP contribution >= 0.6 is 11.6 Å². The third-order valence-electron chi connectivity index (χ3n) is 3.59. The summed E-state index contributed by atoms with van der Waals surface area (Å²) in [4.78, 5) is 6.56. The standard InChI is InChI=1S/C15H18ClN5O2/c1-10-7-12(13(22-2)8-11(10)16)18-14-9-17-20-15(19-14)21-3-5-23-6-4-21/h7-9H,3-6H2,1-2H3,(H,18,19,20). The first-order valence-electron chi connectivity index (χ1n) is 7.31. The minimum absolute atomic E-state index is 0.586. The van der Waals surface area contributed by atoms with E-state index in [0.717, 1.165) is 24.3 Å². The summed E-state index contributed by atoms with van der Waals surface area (Å²) in [6, 6.07) is 3.69. The summed E-state index contributed by atoms with van der Waals surface area (Å²) in [6.07, 6.45) is 1.58. The summed E-state index contributed by atoms with van der Waals surface area (Å²) >= 11 is 6.13. The van der Waals surface area contributed by atoms with E-state index in [2.05, 4.69) is 20.5 Å². The van der Waals surface area contributed by atoms with E-state index in [4.69, 9.17) is 21.1 Å². The summed E-state index contributed by atoms with van der Waals surface area (Å²) < 4.78 is 10.7. The maximum atomic E-state index is 6.13. The van der Waals surface area contributed by atoms with Crippen molar-refractivity contribution in [2.24, 2.45) is 0 Å². The Bertz CT molecular complexity index is 692. The molecule has 8 heteroatoms. The number of nitrogens with one attached hydrogen (secondary N) is 1. The first-order chi connectivity index (χ1) is 11.2. The van der Waals surface area contributed by atoms with Gasteiger partial charge < -0.3 is 19.7 Å². The molecule has 1 saturated heterocycles. The van der Waals surface area contributed by atoms with Crippen molar-refractivity contribution in [3.8, 4) is 5.75 Å². The van der Waals surface area contributed by atoms with E-state index in [1.165, 1.54) is 0 Å². The Kier molecular flexibility index (Phi) is 4.78. The largest absolute Gasteiger partial charge is 0.495 e. The van der Waals surface area contributed by atoms with Crippen LogP contribution in [0.4, 0.5) is 17.5 Å². The van der Waals surface area contributed by atoms with Gasteiger partial charge in [0, 0.05) is 24.2 Å². The van der Waals surface area contributed by atoms with Gasteiger partial charge in [-0.05, 0) is 18.6 Å². The van der Waals surface area contributed by atoms with E-state index in [0.29, 0.717) is 35.8 Å². The minimum Gasteiger partial charge on any atom is -0.495 e. The zero-order valence-corrected chi connectivity index (χ0v) is 13.8. The summed E-state index contributed by atoms with van der Waals surface area (Å²) in [6.45, 7) is 4.80. The van der Waals surface area contributed by atoms with Crippen molar-refractivity contribution in [2.45, 2.75) is 6.92 Å². The van der Waals surface area contributed by atoms with Gasteiger partial charge in [-0.15, -0.1) is 5.10 Å². The number of anilines is 3. The lowest BCUT2D eigenvalue weighted by Crippen LogP contribution is -2.37. The van der Waals surface area contributed by atoms with Crippen LogP contribution in [0.2, 0.25) is 5.02 Å². The summed E-state index contributed by atoms with van der Waals surface area (Å²) in [5, 5.41) is 12.0. The topological polar surface area (TPSA) is 72.4 Å². The zero-order valence-electron chi connectivity index (χ0n) is 13.0. The Labute approximate surface area is 139 Å². The van der Waals surface area contributed by atoms with E-state index in [9.17, 15) is 0 Å². The van der Waals surface area contributed by atoms with Crippen LogP contribution in [-0.4, -0.2) is 48.6 Å². The number of rotatable bonds is 4. The molecule has 2 aromatic rings. The van der Waals surface area contributed by atoms with Crippen LogP contribution in [0.15, 0.2) is 18.3 Å². The van der Waals surface area contributed by atoms with Crippen LogP contribution in [0.5, 0.6) is 5.75 Å². The molecule has 0 saturated carbocycles. The predicted molar refractivity (Wildman–Crippen MR) is 88.9 cm³/mol. The molecule has 0 radical (unpaired) electrons. The fourth-order valence-corrected chi connectivity index (χ4v) is 2.47. The first kappa shape index (κ1) is 15.8.